The van der Waals surface area contributed by atoms with Crippen molar-refractivity contribution in [3.63, 3.8) is 0 Å². The van der Waals surface area contributed by atoms with Crippen molar-refractivity contribution in [2.24, 2.45) is 0 Å². The predicted molar refractivity (Wildman–Crippen MR) is 68.3 cm³/mol. The van der Waals surface area contributed by atoms with Gasteiger partial charge in [0.25, 0.3) is 0 Å². The van der Waals surface area contributed by atoms with E-state index in [9.17, 15) is 0 Å². The van der Waals surface area contributed by atoms with Gasteiger partial charge in [0.1, 0.15) is 12.5 Å². The first-order valence-corrected chi connectivity index (χ1v) is 5.68. The molecular formula is C11H16N6O. The Morgan fingerprint density at radius 3 is 2.89 bits per heavy atom. The van der Waals surface area contributed by atoms with Gasteiger partial charge in [-0.05, 0) is 6.42 Å². The number of nitrogens with two attached hydrogens (primary N) is 2. The highest BCUT2D eigenvalue weighted by Gasteiger charge is 2.08. The van der Waals surface area contributed by atoms with Crippen LogP contribution in [0.25, 0.3) is 11.3 Å². The molecule has 0 fully saturated rings. The third-order valence-electron chi connectivity index (χ3n) is 2.33. The van der Waals surface area contributed by atoms with E-state index in [1.54, 1.807) is 12.5 Å². The number of anilines is 2. The van der Waals surface area contributed by atoms with Gasteiger partial charge >= 0.3 is 0 Å². The molecule has 7 heteroatoms. The third kappa shape index (κ3) is 2.75. The van der Waals surface area contributed by atoms with Gasteiger partial charge in [-0.1, -0.05) is 6.92 Å². The number of rotatable bonds is 5. The number of ether oxygens (including phenoxy) is 1. The van der Waals surface area contributed by atoms with Crippen LogP contribution < -0.4 is 11.5 Å². The van der Waals surface area contributed by atoms with E-state index in [1.807, 2.05) is 10.8 Å². The second kappa shape index (κ2) is 5.46. The smallest absolute Gasteiger partial charge is 0.221 e. The fraction of sp³-hybridized carbons (Fsp3) is 0.364. The Kier molecular flexibility index (Phi) is 3.73. The highest BCUT2D eigenvalue weighted by atomic mass is 16.5. The molecular weight excluding hydrogens is 232 g/mol. The lowest BCUT2D eigenvalue weighted by atomic mass is 10.2. The second-order valence-electron chi connectivity index (χ2n) is 3.84. The Morgan fingerprint density at radius 1 is 1.33 bits per heavy atom. The third-order valence-corrected chi connectivity index (χ3v) is 2.33. The summed E-state index contributed by atoms with van der Waals surface area (Å²) in [7, 11) is 0. The van der Waals surface area contributed by atoms with Crippen molar-refractivity contribution in [1.29, 1.82) is 0 Å². The average molecular weight is 248 g/mol. The van der Waals surface area contributed by atoms with Crippen molar-refractivity contribution in [1.82, 2.24) is 19.5 Å². The van der Waals surface area contributed by atoms with E-state index in [0.717, 1.165) is 13.0 Å². The molecule has 0 aliphatic rings. The maximum absolute atomic E-state index is 5.77. The molecule has 0 aliphatic heterocycles. The van der Waals surface area contributed by atoms with E-state index in [1.165, 1.54) is 0 Å². The van der Waals surface area contributed by atoms with Crippen molar-refractivity contribution in [2.75, 3.05) is 18.1 Å². The van der Waals surface area contributed by atoms with Crippen LogP contribution in [0.15, 0.2) is 18.7 Å². The molecule has 2 heterocycles. The van der Waals surface area contributed by atoms with Gasteiger partial charge in [-0.15, -0.1) is 0 Å². The predicted octanol–water partition coefficient (Wildman–Crippen LogP) is 0.889. The summed E-state index contributed by atoms with van der Waals surface area (Å²) in [6, 6.07) is 0. The van der Waals surface area contributed by atoms with Gasteiger partial charge in [0.15, 0.2) is 0 Å². The van der Waals surface area contributed by atoms with Gasteiger partial charge in [0.05, 0.1) is 17.6 Å². The van der Waals surface area contributed by atoms with E-state index in [4.69, 9.17) is 16.2 Å². The summed E-state index contributed by atoms with van der Waals surface area (Å²) in [6.07, 6.45) is 6.07. The number of nitrogen functional groups attached to an aromatic ring is 2. The van der Waals surface area contributed by atoms with E-state index in [0.29, 0.717) is 23.8 Å². The maximum Gasteiger partial charge on any atom is 0.221 e. The first-order chi connectivity index (χ1) is 8.70. The lowest BCUT2D eigenvalue weighted by molar-refractivity contribution is 0.0775. The van der Waals surface area contributed by atoms with Gasteiger partial charge in [-0.2, -0.15) is 4.98 Å². The van der Waals surface area contributed by atoms with E-state index in [-0.39, 0.29) is 5.95 Å². The summed E-state index contributed by atoms with van der Waals surface area (Å²) < 4.78 is 7.24. The quantitative estimate of drug-likeness (QED) is 0.761. The minimum Gasteiger partial charge on any atom is -0.383 e. The van der Waals surface area contributed by atoms with E-state index in [2.05, 4.69) is 21.9 Å². The zero-order valence-electron chi connectivity index (χ0n) is 10.2. The molecule has 0 aromatic carbocycles. The van der Waals surface area contributed by atoms with Crippen molar-refractivity contribution >= 4 is 11.8 Å². The summed E-state index contributed by atoms with van der Waals surface area (Å²) in [5.41, 5.74) is 12.6. The standard InChI is InChI=1S/C11H16N6O/c1-2-3-18-7-17-5-9(15-6-17)8-4-14-11(13)16-10(8)12/h4-6H,2-3,7H2,1H3,(H4,12,13,14,16). The minimum atomic E-state index is 0.155. The van der Waals surface area contributed by atoms with Crippen LogP contribution in [0, 0.1) is 0 Å². The highest BCUT2D eigenvalue weighted by Crippen LogP contribution is 2.21. The zero-order chi connectivity index (χ0) is 13.0. The summed E-state index contributed by atoms with van der Waals surface area (Å²) in [4.78, 5) is 12.0. The summed E-state index contributed by atoms with van der Waals surface area (Å²) in [5, 5.41) is 0. The van der Waals surface area contributed by atoms with Crippen LogP contribution in [0.2, 0.25) is 0 Å². The number of aromatic nitrogens is 4. The van der Waals surface area contributed by atoms with E-state index < -0.39 is 0 Å². The molecule has 4 N–H and O–H groups in total. The van der Waals surface area contributed by atoms with Crippen molar-refractivity contribution in [2.45, 2.75) is 20.1 Å². The van der Waals surface area contributed by atoms with Crippen LogP contribution in [0.1, 0.15) is 13.3 Å². The molecule has 0 atom stereocenters. The Bertz CT molecular complexity index is 524. The summed E-state index contributed by atoms with van der Waals surface area (Å²) in [6.45, 7) is 3.25. The SMILES string of the molecule is CCCOCn1cnc(-c2cnc(N)nc2N)c1. The minimum absolute atomic E-state index is 0.155. The van der Waals surface area contributed by atoms with Gasteiger partial charge in [-0.25, -0.2) is 9.97 Å². The second-order valence-corrected chi connectivity index (χ2v) is 3.84. The molecule has 2 rings (SSSR count). The Hall–Kier alpha value is -2.15. The van der Waals surface area contributed by atoms with Gasteiger partial charge < -0.3 is 20.8 Å². The molecule has 2 aromatic heterocycles. The lowest BCUT2D eigenvalue weighted by Gasteiger charge is -2.03. The normalized spacial score (nSPS) is 10.7. The fourth-order valence-electron chi connectivity index (χ4n) is 1.49. The number of nitrogens with zero attached hydrogens (tertiary/aromatic N) is 4. The molecule has 0 amide bonds. The molecule has 2 aromatic rings. The summed E-state index contributed by atoms with van der Waals surface area (Å²) in [5.74, 6) is 0.476. The van der Waals surface area contributed by atoms with Crippen molar-refractivity contribution < 1.29 is 4.74 Å². The Morgan fingerprint density at radius 2 is 2.17 bits per heavy atom. The average Bonchev–Trinajstić information content (AvgIpc) is 2.78. The molecule has 0 saturated heterocycles. The van der Waals surface area contributed by atoms with Crippen molar-refractivity contribution in [3.05, 3.63) is 18.7 Å². The Labute approximate surface area is 105 Å². The van der Waals surface area contributed by atoms with Gasteiger partial charge in [-0.3, -0.25) is 0 Å². The topological polar surface area (TPSA) is 105 Å². The first-order valence-electron chi connectivity index (χ1n) is 5.68. The first kappa shape index (κ1) is 12.3. The highest BCUT2D eigenvalue weighted by molar-refractivity contribution is 5.70. The summed E-state index contributed by atoms with van der Waals surface area (Å²) >= 11 is 0. The molecule has 0 saturated carbocycles. The van der Waals surface area contributed by atoms with Crippen LogP contribution in [-0.4, -0.2) is 26.1 Å². The molecule has 0 aliphatic carbocycles. The van der Waals surface area contributed by atoms with Crippen LogP contribution in [0.5, 0.6) is 0 Å². The molecule has 0 spiro atoms. The molecule has 18 heavy (non-hydrogen) atoms. The number of imidazole rings is 1. The zero-order valence-corrected chi connectivity index (χ0v) is 10.2. The van der Waals surface area contributed by atoms with Gasteiger partial charge in [0.2, 0.25) is 5.95 Å². The van der Waals surface area contributed by atoms with Crippen LogP contribution in [-0.2, 0) is 11.5 Å². The number of hydrogen-bond donors (Lipinski definition) is 2. The number of hydrogen-bond acceptors (Lipinski definition) is 6. The largest absolute Gasteiger partial charge is 0.383 e. The maximum atomic E-state index is 5.77. The van der Waals surface area contributed by atoms with Crippen LogP contribution in [0.3, 0.4) is 0 Å². The Balaban J connectivity index is 2.13. The van der Waals surface area contributed by atoms with Crippen LogP contribution >= 0.6 is 0 Å². The molecule has 0 unspecified atom stereocenters. The molecule has 96 valence electrons. The van der Waals surface area contributed by atoms with Crippen molar-refractivity contribution in [3.8, 4) is 11.3 Å². The van der Waals surface area contributed by atoms with Crippen LogP contribution in [0.4, 0.5) is 11.8 Å². The molecule has 0 radical (unpaired) electrons. The van der Waals surface area contributed by atoms with Gasteiger partial charge in [0, 0.05) is 19.0 Å². The molecule has 7 nitrogen and oxygen atoms in total. The molecule has 0 bridgehead atoms. The fourth-order valence-corrected chi connectivity index (χ4v) is 1.49. The monoisotopic (exact) mass is 248 g/mol. The lowest BCUT2D eigenvalue weighted by Crippen LogP contribution is -2.01. The van der Waals surface area contributed by atoms with E-state index >= 15 is 0 Å².